The summed E-state index contributed by atoms with van der Waals surface area (Å²) in [6.07, 6.45) is 0.522. The first-order valence-electron chi connectivity index (χ1n) is 12.0. The van der Waals surface area contributed by atoms with E-state index >= 15 is 0 Å². The summed E-state index contributed by atoms with van der Waals surface area (Å²) in [5.74, 6) is 0.770. The number of benzene rings is 3. The Morgan fingerprint density at radius 3 is 2.16 bits per heavy atom. The lowest BCUT2D eigenvalue weighted by atomic mass is 9.95. The van der Waals surface area contributed by atoms with Crippen LogP contribution in [0.15, 0.2) is 72.3 Å². The molecule has 3 aromatic rings. The molecule has 8 nitrogen and oxygen atoms in total. The number of amides is 1. The molecule has 1 amide bonds. The topological polar surface area (TPSA) is 94.5 Å². The zero-order valence-corrected chi connectivity index (χ0v) is 20.6. The fourth-order valence-electron chi connectivity index (χ4n) is 4.63. The average Bonchev–Trinajstić information content (AvgIpc) is 3.20. The van der Waals surface area contributed by atoms with Gasteiger partial charge in [0.25, 0.3) is 11.7 Å². The van der Waals surface area contributed by atoms with Crippen molar-refractivity contribution in [3.8, 4) is 23.0 Å². The second kappa shape index (κ2) is 10.3. The zero-order chi connectivity index (χ0) is 25.9. The standard InChI is InChI=1S/C29H27NO7/c1-34-21-8-3-18(4-9-21)13-14-30-26(19-5-10-22(35-2)11-6-19)25(28(32)29(30)33)27(31)20-7-12-23-24(17-20)37-16-15-36-23/h3-12,17,26,31H,13-16H2,1-2H3/b27-25-. The molecule has 1 atom stereocenters. The minimum Gasteiger partial charge on any atom is -0.507 e. The van der Waals surface area contributed by atoms with Crippen LogP contribution in [-0.4, -0.2) is 55.7 Å². The largest absolute Gasteiger partial charge is 0.507 e. The number of nitrogens with zero attached hydrogens (tertiary/aromatic N) is 1. The van der Waals surface area contributed by atoms with E-state index < -0.39 is 17.7 Å². The third kappa shape index (κ3) is 4.70. The van der Waals surface area contributed by atoms with Gasteiger partial charge in [0.1, 0.15) is 30.5 Å². The summed E-state index contributed by atoms with van der Waals surface area (Å²) in [4.78, 5) is 28.1. The molecule has 0 bridgehead atoms. The van der Waals surface area contributed by atoms with E-state index in [1.54, 1.807) is 56.7 Å². The van der Waals surface area contributed by atoms with Gasteiger partial charge in [-0.05, 0) is 60.0 Å². The number of rotatable bonds is 7. The van der Waals surface area contributed by atoms with Crippen LogP contribution in [0.4, 0.5) is 0 Å². The number of carbonyl (C=O) groups excluding carboxylic acids is 2. The molecule has 1 N–H and O–H groups in total. The Kier molecular flexibility index (Phi) is 6.72. The molecule has 2 heterocycles. The maximum Gasteiger partial charge on any atom is 0.295 e. The van der Waals surface area contributed by atoms with Crippen LogP contribution in [0, 0.1) is 0 Å². The van der Waals surface area contributed by atoms with Crippen molar-refractivity contribution in [1.82, 2.24) is 4.90 Å². The molecule has 0 radical (unpaired) electrons. The maximum absolute atomic E-state index is 13.3. The smallest absolute Gasteiger partial charge is 0.295 e. The van der Waals surface area contributed by atoms with Gasteiger partial charge in [-0.1, -0.05) is 24.3 Å². The summed E-state index contributed by atoms with van der Waals surface area (Å²) >= 11 is 0. The molecular formula is C29H27NO7. The molecule has 190 valence electrons. The predicted octanol–water partition coefficient (Wildman–Crippen LogP) is 4.14. The lowest BCUT2D eigenvalue weighted by Crippen LogP contribution is -2.31. The van der Waals surface area contributed by atoms with Gasteiger partial charge in [0.05, 0.1) is 25.8 Å². The van der Waals surface area contributed by atoms with Crippen LogP contribution in [0.25, 0.3) is 5.76 Å². The first kappa shape index (κ1) is 24.2. The van der Waals surface area contributed by atoms with Gasteiger partial charge in [0, 0.05) is 12.1 Å². The number of methoxy groups -OCH3 is 2. The highest BCUT2D eigenvalue weighted by atomic mass is 16.6. The number of ether oxygens (including phenoxy) is 4. The summed E-state index contributed by atoms with van der Waals surface area (Å²) in [6, 6.07) is 18.9. The van der Waals surface area contributed by atoms with Gasteiger partial charge >= 0.3 is 0 Å². The first-order valence-corrected chi connectivity index (χ1v) is 12.0. The fraction of sp³-hybridized carbons (Fsp3) is 0.241. The SMILES string of the molecule is COc1ccc(CCN2C(=O)C(=O)/C(=C(\O)c3ccc4c(c3)OCCO4)C2c2ccc(OC)cc2)cc1. The molecule has 1 unspecified atom stereocenters. The maximum atomic E-state index is 13.3. The Morgan fingerprint density at radius 1 is 0.892 bits per heavy atom. The molecule has 0 saturated carbocycles. The third-order valence-electron chi connectivity index (χ3n) is 6.59. The van der Waals surface area contributed by atoms with E-state index in [4.69, 9.17) is 18.9 Å². The minimum absolute atomic E-state index is 0.0292. The second-order valence-corrected chi connectivity index (χ2v) is 8.72. The summed E-state index contributed by atoms with van der Waals surface area (Å²) in [6.45, 7) is 1.11. The molecular weight excluding hydrogens is 474 g/mol. The second-order valence-electron chi connectivity index (χ2n) is 8.72. The number of carbonyl (C=O) groups is 2. The van der Waals surface area contributed by atoms with E-state index in [0.29, 0.717) is 48.0 Å². The van der Waals surface area contributed by atoms with Crippen molar-refractivity contribution in [3.63, 3.8) is 0 Å². The summed E-state index contributed by atoms with van der Waals surface area (Å²) in [7, 11) is 3.17. The van der Waals surface area contributed by atoms with Gasteiger partial charge in [-0.15, -0.1) is 0 Å². The molecule has 2 aliphatic heterocycles. The number of ketones is 1. The van der Waals surface area contributed by atoms with Crippen LogP contribution in [-0.2, 0) is 16.0 Å². The van der Waals surface area contributed by atoms with Gasteiger partial charge in [0.2, 0.25) is 0 Å². The highest BCUT2D eigenvalue weighted by Gasteiger charge is 2.46. The first-order chi connectivity index (χ1) is 18.0. The molecule has 3 aromatic carbocycles. The van der Waals surface area contributed by atoms with Crippen molar-refractivity contribution >= 4 is 17.4 Å². The minimum atomic E-state index is -0.766. The summed E-state index contributed by atoms with van der Waals surface area (Å²) < 4.78 is 21.7. The van der Waals surface area contributed by atoms with Crippen LogP contribution < -0.4 is 18.9 Å². The molecule has 1 saturated heterocycles. The van der Waals surface area contributed by atoms with Gasteiger partial charge in [-0.25, -0.2) is 0 Å². The number of hydrogen-bond donors (Lipinski definition) is 1. The lowest BCUT2D eigenvalue weighted by molar-refractivity contribution is -0.139. The normalized spacial score (nSPS) is 18.1. The number of aliphatic hydroxyl groups excluding tert-OH is 1. The Labute approximate surface area is 214 Å². The highest BCUT2D eigenvalue weighted by molar-refractivity contribution is 6.46. The highest BCUT2D eigenvalue weighted by Crippen LogP contribution is 2.41. The zero-order valence-electron chi connectivity index (χ0n) is 20.6. The Morgan fingerprint density at radius 2 is 1.51 bits per heavy atom. The molecule has 37 heavy (non-hydrogen) atoms. The van der Waals surface area contributed by atoms with Crippen LogP contribution in [0.5, 0.6) is 23.0 Å². The number of hydrogen-bond acceptors (Lipinski definition) is 7. The molecule has 0 spiro atoms. The number of fused-ring (bicyclic) bond motifs is 1. The van der Waals surface area contributed by atoms with Crippen molar-refractivity contribution in [3.05, 3.63) is 89.0 Å². The number of likely N-dealkylation sites (tertiary alicyclic amines) is 1. The van der Waals surface area contributed by atoms with Crippen LogP contribution >= 0.6 is 0 Å². The van der Waals surface area contributed by atoms with Gasteiger partial charge in [0.15, 0.2) is 11.5 Å². The van der Waals surface area contributed by atoms with Crippen molar-refractivity contribution in [2.75, 3.05) is 34.0 Å². The number of Topliss-reactive ketones (excluding diaryl/α,β-unsaturated/α-hetero) is 1. The van der Waals surface area contributed by atoms with E-state index in [9.17, 15) is 14.7 Å². The monoisotopic (exact) mass is 501 g/mol. The van der Waals surface area contributed by atoms with E-state index in [1.165, 1.54) is 4.90 Å². The predicted molar refractivity (Wildman–Crippen MR) is 136 cm³/mol. The van der Waals surface area contributed by atoms with Crippen molar-refractivity contribution in [2.45, 2.75) is 12.5 Å². The summed E-state index contributed by atoms with van der Waals surface area (Å²) in [5, 5.41) is 11.3. The molecule has 8 heteroatoms. The van der Waals surface area contributed by atoms with E-state index in [0.717, 1.165) is 11.3 Å². The van der Waals surface area contributed by atoms with Gasteiger partial charge in [-0.3, -0.25) is 9.59 Å². The molecule has 5 rings (SSSR count). The molecule has 2 aliphatic rings. The van der Waals surface area contributed by atoms with E-state index in [-0.39, 0.29) is 17.9 Å². The van der Waals surface area contributed by atoms with Gasteiger partial charge < -0.3 is 29.0 Å². The number of aliphatic hydroxyl groups is 1. The Hall–Kier alpha value is -4.46. The van der Waals surface area contributed by atoms with Crippen molar-refractivity contribution < 1.29 is 33.6 Å². The van der Waals surface area contributed by atoms with Gasteiger partial charge in [-0.2, -0.15) is 0 Å². The van der Waals surface area contributed by atoms with E-state index in [1.807, 2.05) is 24.3 Å². The lowest BCUT2D eigenvalue weighted by Gasteiger charge is -2.26. The van der Waals surface area contributed by atoms with E-state index in [2.05, 4.69) is 0 Å². The molecule has 0 aromatic heterocycles. The fourth-order valence-corrected chi connectivity index (χ4v) is 4.63. The van der Waals surface area contributed by atoms with Crippen LogP contribution in [0.2, 0.25) is 0 Å². The molecule has 0 aliphatic carbocycles. The quantitative estimate of drug-likeness (QED) is 0.295. The third-order valence-corrected chi connectivity index (χ3v) is 6.59. The molecule has 1 fully saturated rings. The Bertz CT molecular complexity index is 1350. The van der Waals surface area contributed by atoms with Crippen LogP contribution in [0.1, 0.15) is 22.7 Å². The summed E-state index contributed by atoms with van der Waals surface area (Å²) in [5.41, 5.74) is 2.08. The van der Waals surface area contributed by atoms with Crippen molar-refractivity contribution in [1.29, 1.82) is 0 Å². The average molecular weight is 502 g/mol. The van der Waals surface area contributed by atoms with Crippen LogP contribution in [0.3, 0.4) is 0 Å². The van der Waals surface area contributed by atoms with Crippen molar-refractivity contribution in [2.24, 2.45) is 0 Å². The Balaban J connectivity index is 1.53.